The van der Waals surface area contributed by atoms with E-state index in [0.29, 0.717) is 11.1 Å². The van der Waals surface area contributed by atoms with Crippen molar-refractivity contribution in [1.82, 2.24) is 0 Å². The van der Waals surface area contributed by atoms with Crippen molar-refractivity contribution < 1.29 is 14.7 Å². The van der Waals surface area contributed by atoms with Gasteiger partial charge in [-0.1, -0.05) is 31.2 Å². The van der Waals surface area contributed by atoms with Gasteiger partial charge in [-0.15, -0.1) is 0 Å². The number of allylic oxidation sites excluding steroid dienone is 1. The zero-order chi connectivity index (χ0) is 15.7. The molecule has 0 spiro atoms. The summed E-state index contributed by atoms with van der Waals surface area (Å²) < 4.78 is 0. The molecule has 1 aliphatic heterocycles. The molecular formula is C18H15NO3. The van der Waals surface area contributed by atoms with Crippen molar-refractivity contribution in [2.45, 2.75) is 13.3 Å². The summed E-state index contributed by atoms with van der Waals surface area (Å²) in [6.07, 6.45) is 2.12. The van der Waals surface area contributed by atoms with Crippen LogP contribution in [0.3, 0.4) is 0 Å². The van der Waals surface area contributed by atoms with Gasteiger partial charge in [-0.3, -0.25) is 9.59 Å². The second-order valence-electron chi connectivity index (χ2n) is 5.12. The van der Waals surface area contributed by atoms with E-state index in [2.05, 4.69) is 5.32 Å². The maximum Gasteiger partial charge on any atom is 0.256 e. The maximum absolute atomic E-state index is 12.3. The minimum absolute atomic E-state index is 0.0229. The average molecular weight is 293 g/mol. The van der Waals surface area contributed by atoms with Crippen LogP contribution in [0.4, 0.5) is 5.69 Å². The van der Waals surface area contributed by atoms with Crippen LogP contribution in [0.2, 0.25) is 0 Å². The Bertz CT molecular complexity index is 806. The molecule has 0 aromatic heterocycles. The number of nitrogens with one attached hydrogen (secondary N) is 1. The van der Waals surface area contributed by atoms with Gasteiger partial charge in [0.2, 0.25) is 0 Å². The van der Waals surface area contributed by atoms with Gasteiger partial charge in [0.15, 0.2) is 5.78 Å². The summed E-state index contributed by atoms with van der Waals surface area (Å²) >= 11 is 0. The van der Waals surface area contributed by atoms with Gasteiger partial charge in [-0.05, 0) is 36.3 Å². The summed E-state index contributed by atoms with van der Waals surface area (Å²) in [5.41, 5.74) is 3.28. The molecule has 0 saturated carbocycles. The predicted octanol–water partition coefficient (Wildman–Crippen LogP) is 3.17. The summed E-state index contributed by atoms with van der Waals surface area (Å²) in [6.45, 7) is 2.01. The van der Waals surface area contributed by atoms with E-state index in [1.807, 2.05) is 25.1 Å². The van der Waals surface area contributed by atoms with E-state index in [1.165, 1.54) is 18.2 Å². The Morgan fingerprint density at radius 2 is 2.00 bits per heavy atom. The van der Waals surface area contributed by atoms with Gasteiger partial charge in [0.25, 0.3) is 5.91 Å². The monoisotopic (exact) mass is 293 g/mol. The normalized spacial score (nSPS) is 14.8. The number of amides is 1. The zero-order valence-electron chi connectivity index (χ0n) is 12.1. The molecule has 1 aliphatic rings. The first kappa shape index (κ1) is 14.1. The van der Waals surface area contributed by atoms with Crippen molar-refractivity contribution in [3.63, 3.8) is 0 Å². The quantitative estimate of drug-likeness (QED) is 0.674. The molecular weight excluding hydrogens is 278 g/mol. The van der Waals surface area contributed by atoms with E-state index in [9.17, 15) is 14.7 Å². The molecule has 0 unspecified atom stereocenters. The molecule has 4 nitrogen and oxygen atoms in total. The molecule has 22 heavy (non-hydrogen) atoms. The molecule has 1 amide bonds. The van der Waals surface area contributed by atoms with Gasteiger partial charge in [0.1, 0.15) is 5.75 Å². The fraction of sp³-hybridized carbons (Fsp3) is 0.111. The number of benzene rings is 2. The zero-order valence-corrected chi connectivity index (χ0v) is 12.1. The third-order valence-corrected chi connectivity index (χ3v) is 3.70. The number of rotatable bonds is 3. The van der Waals surface area contributed by atoms with Gasteiger partial charge in [-0.25, -0.2) is 0 Å². The molecule has 0 aliphatic carbocycles. The van der Waals surface area contributed by atoms with E-state index in [-0.39, 0.29) is 17.4 Å². The third-order valence-electron chi connectivity index (χ3n) is 3.70. The van der Waals surface area contributed by atoms with E-state index in [0.717, 1.165) is 23.2 Å². The van der Waals surface area contributed by atoms with Crippen LogP contribution in [-0.4, -0.2) is 16.8 Å². The topological polar surface area (TPSA) is 66.4 Å². The van der Waals surface area contributed by atoms with Crippen LogP contribution < -0.4 is 5.32 Å². The van der Waals surface area contributed by atoms with Crippen LogP contribution in [-0.2, 0) is 11.2 Å². The van der Waals surface area contributed by atoms with Crippen molar-refractivity contribution in [1.29, 1.82) is 0 Å². The Balaban J connectivity index is 2.06. The SMILES string of the molecule is CCc1cccc2c1/C(=C\C(=O)c1cccc(O)c1)C(=O)N2. The standard InChI is InChI=1S/C18H15NO3/c1-2-11-5-4-8-15-17(11)14(18(22)19-15)10-16(21)12-6-3-7-13(20)9-12/h3-10,20H,2H2,1H3,(H,19,22)/b14-10+. The lowest BCUT2D eigenvalue weighted by molar-refractivity contribution is -0.110. The first-order valence-corrected chi connectivity index (χ1v) is 7.09. The van der Waals surface area contributed by atoms with Crippen LogP contribution in [0.1, 0.15) is 28.4 Å². The highest BCUT2D eigenvalue weighted by molar-refractivity contribution is 6.35. The van der Waals surface area contributed by atoms with Crippen molar-refractivity contribution in [2.24, 2.45) is 0 Å². The number of carbonyl (C=O) groups is 2. The van der Waals surface area contributed by atoms with Crippen LogP contribution >= 0.6 is 0 Å². The fourth-order valence-corrected chi connectivity index (χ4v) is 2.63. The van der Waals surface area contributed by atoms with Crippen LogP contribution in [0, 0.1) is 0 Å². The Morgan fingerprint density at radius 3 is 2.73 bits per heavy atom. The summed E-state index contributed by atoms with van der Waals surface area (Å²) in [4.78, 5) is 24.5. The molecule has 0 fully saturated rings. The second-order valence-corrected chi connectivity index (χ2v) is 5.12. The summed E-state index contributed by atoms with van der Waals surface area (Å²) in [5.74, 6) is -0.556. The highest BCUT2D eigenvalue weighted by atomic mass is 16.3. The minimum Gasteiger partial charge on any atom is -0.508 e. The molecule has 2 N–H and O–H groups in total. The van der Waals surface area contributed by atoms with Crippen LogP contribution in [0.5, 0.6) is 5.75 Å². The lowest BCUT2D eigenvalue weighted by Gasteiger charge is -2.05. The van der Waals surface area contributed by atoms with Gasteiger partial charge in [0.05, 0.1) is 5.57 Å². The maximum atomic E-state index is 12.3. The smallest absolute Gasteiger partial charge is 0.256 e. The number of anilines is 1. The molecule has 0 atom stereocenters. The van der Waals surface area contributed by atoms with E-state index in [1.54, 1.807) is 12.1 Å². The number of phenolic OH excluding ortho intramolecular Hbond substituents is 1. The van der Waals surface area contributed by atoms with E-state index < -0.39 is 0 Å². The first-order chi connectivity index (χ1) is 10.6. The number of fused-ring (bicyclic) bond motifs is 1. The molecule has 110 valence electrons. The molecule has 2 aromatic carbocycles. The largest absolute Gasteiger partial charge is 0.508 e. The number of carbonyl (C=O) groups excluding carboxylic acids is 2. The second kappa shape index (κ2) is 5.48. The molecule has 0 radical (unpaired) electrons. The van der Waals surface area contributed by atoms with Crippen molar-refractivity contribution in [3.05, 3.63) is 65.2 Å². The number of hydrogen-bond acceptors (Lipinski definition) is 3. The Labute approximate surface area is 128 Å². The molecule has 4 heteroatoms. The minimum atomic E-state index is -0.306. The summed E-state index contributed by atoms with van der Waals surface area (Å²) in [7, 11) is 0. The summed E-state index contributed by atoms with van der Waals surface area (Å²) in [6, 6.07) is 11.8. The lowest BCUT2D eigenvalue weighted by Crippen LogP contribution is -2.06. The van der Waals surface area contributed by atoms with E-state index >= 15 is 0 Å². The highest BCUT2D eigenvalue weighted by Crippen LogP contribution is 2.35. The van der Waals surface area contributed by atoms with Crippen molar-refractivity contribution >= 4 is 23.0 Å². The third kappa shape index (κ3) is 2.39. The lowest BCUT2D eigenvalue weighted by atomic mass is 9.97. The molecule has 0 bridgehead atoms. The molecule has 2 aromatic rings. The average Bonchev–Trinajstić information content (AvgIpc) is 2.83. The number of hydrogen-bond donors (Lipinski definition) is 2. The Kier molecular flexibility index (Phi) is 3.51. The summed E-state index contributed by atoms with van der Waals surface area (Å²) in [5, 5.41) is 12.2. The number of ketones is 1. The van der Waals surface area contributed by atoms with Crippen LogP contribution in [0.25, 0.3) is 5.57 Å². The molecule has 0 saturated heterocycles. The first-order valence-electron chi connectivity index (χ1n) is 7.09. The van der Waals surface area contributed by atoms with Crippen molar-refractivity contribution in [3.8, 4) is 5.75 Å². The van der Waals surface area contributed by atoms with Gasteiger partial charge >= 0.3 is 0 Å². The van der Waals surface area contributed by atoms with Gasteiger partial charge < -0.3 is 10.4 Å². The molecule has 3 rings (SSSR count). The van der Waals surface area contributed by atoms with Crippen LogP contribution in [0.15, 0.2) is 48.5 Å². The number of aromatic hydroxyl groups is 1. The fourth-order valence-electron chi connectivity index (χ4n) is 2.63. The van der Waals surface area contributed by atoms with Gasteiger partial charge in [0, 0.05) is 16.8 Å². The molecule has 1 heterocycles. The number of aryl methyl sites for hydroxylation is 1. The van der Waals surface area contributed by atoms with Crippen molar-refractivity contribution in [2.75, 3.05) is 5.32 Å². The number of phenols is 1. The van der Waals surface area contributed by atoms with Gasteiger partial charge in [-0.2, -0.15) is 0 Å². The van der Waals surface area contributed by atoms with E-state index in [4.69, 9.17) is 0 Å². The highest BCUT2D eigenvalue weighted by Gasteiger charge is 2.27. The predicted molar refractivity (Wildman–Crippen MR) is 84.9 cm³/mol. The Morgan fingerprint density at radius 1 is 1.23 bits per heavy atom. The Hall–Kier alpha value is -2.88.